The summed E-state index contributed by atoms with van der Waals surface area (Å²) in [6.07, 6.45) is 3.99. The number of rotatable bonds is 5. The summed E-state index contributed by atoms with van der Waals surface area (Å²) in [6, 6.07) is 7.26. The van der Waals surface area contributed by atoms with Gasteiger partial charge in [0.15, 0.2) is 5.82 Å². The molecule has 3 rings (SSSR count). The maximum atomic E-state index is 12.6. The minimum absolute atomic E-state index is 0.00244. The molecule has 0 unspecified atom stereocenters. The molecule has 134 valence electrons. The quantitative estimate of drug-likeness (QED) is 0.858. The number of benzene rings is 1. The van der Waals surface area contributed by atoms with Gasteiger partial charge in [0.25, 0.3) is 5.91 Å². The summed E-state index contributed by atoms with van der Waals surface area (Å²) in [6.45, 7) is 3.78. The summed E-state index contributed by atoms with van der Waals surface area (Å²) in [5.74, 6) is 1.91. The van der Waals surface area contributed by atoms with Crippen molar-refractivity contribution in [3.05, 3.63) is 35.7 Å². The first-order valence-corrected chi connectivity index (χ1v) is 10.1. The normalized spacial score (nSPS) is 21.7. The molecular weight excluding hydrogens is 336 g/mol. The van der Waals surface area contributed by atoms with Crippen LogP contribution in [-0.4, -0.2) is 42.3 Å². The molecule has 1 aliphatic rings. The molecule has 1 heterocycles. The SMILES string of the molecule is CC[S@@](=O)[C@H]1CCCC[C@@H]1NC(=O)c1ccc(-c2n[nH]c(C)n2)cc1. The van der Waals surface area contributed by atoms with Crippen molar-refractivity contribution in [2.24, 2.45) is 0 Å². The number of aromatic amines is 1. The third kappa shape index (κ3) is 4.15. The van der Waals surface area contributed by atoms with E-state index in [9.17, 15) is 9.00 Å². The van der Waals surface area contributed by atoms with Crippen LogP contribution in [0.4, 0.5) is 0 Å². The number of nitrogens with one attached hydrogen (secondary N) is 2. The average molecular weight is 360 g/mol. The molecule has 1 aliphatic carbocycles. The fraction of sp³-hybridized carbons (Fsp3) is 0.500. The second-order valence-corrected chi connectivity index (χ2v) is 8.34. The van der Waals surface area contributed by atoms with E-state index in [2.05, 4.69) is 20.5 Å². The molecule has 1 amide bonds. The van der Waals surface area contributed by atoms with E-state index in [1.165, 1.54) is 0 Å². The maximum absolute atomic E-state index is 12.6. The zero-order valence-corrected chi connectivity index (χ0v) is 15.4. The zero-order valence-electron chi connectivity index (χ0n) is 14.6. The molecular formula is C18H24N4O2S. The van der Waals surface area contributed by atoms with Crippen LogP contribution in [0.2, 0.25) is 0 Å². The molecule has 1 aromatic heterocycles. The van der Waals surface area contributed by atoms with Crippen molar-refractivity contribution >= 4 is 16.7 Å². The number of hydrogen-bond acceptors (Lipinski definition) is 4. The summed E-state index contributed by atoms with van der Waals surface area (Å²) >= 11 is 0. The lowest BCUT2D eigenvalue weighted by Gasteiger charge is -2.31. The maximum Gasteiger partial charge on any atom is 0.251 e. The number of carbonyl (C=O) groups excluding carboxylic acids is 1. The molecule has 0 bridgehead atoms. The summed E-state index contributed by atoms with van der Waals surface area (Å²) in [5, 5.41) is 10.1. The molecule has 7 heteroatoms. The Morgan fingerprint density at radius 3 is 2.64 bits per heavy atom. The van der Waals surface area contributed by atoms with Gasteiger partial charge in [-0.05, 0) is 31.9 Å². The Morgan fingerprint density at radius 2 is 2.00 bits per heavy atom. The van der Waals surface area contributed by atoms with Gasteiger partial charge in [0.2, 0.25) is 0 Å². The first kappa shape index (κ1) is 17.8. The van der Waals surface area contributed by atoms with E-state index < -0.39 is 10.8 Å². The Kier molecular flexibility index (Phi) is 5.63. The van der Waals surface area contributed by atoms with E-state index in [0.29, 0.717) is 17.1 Å². The lowest BCUT2D eigenvalue weighted by molar-refractivity contribution is 0.0929. The van der Waals surface area contributed by atoms with Crippen molar-refractivity contribution < 1.29 is 9.00 Å². The van der Waals surface area contributed by atoms with Crippen LogP contribution in [0, 0.1) is 6.92 Å². The molecule has 25 heavy (non-hydrogen) atoms. The second-order valence-electron chi connectivity index (χ2n) is 6.39. The van der Waals surface area contributed by atoms with Gasteiger partial charge >= 0.3 is 0 Å². The number of hydrogen-bond donors (Lipinski definition) is 2. The fourth-order valence-corrected chi connectivity index (χ4v) is 4.71. The first-order chi connectivity index (χ1) is 12.1. The standard InChI is InChI=1S/C18H24N4O2S/c1-3-25(24)16-7-5-4-6-15(16)20-18(23)14-10-8-13(9-11-14)17-19-12(2)21-22-17/h8-11,15-16H,3-7H2,1-2H3,(H,20,23)(H,19,21,22)/t15-,16-,25+/m0/s1. The van der Waals surface area contributed by atoms with Crippen LogP contribution in [-0.2, 0) is 10.8 Å². The second kappa shape index (κ2) is 7.91. The van der Waals surface area contributed by atoms with Gasteiger partial charge < -0.3 is 5.32 Å². The first-order valence-electron chi connectivity index (χ1n) is 8.76. The Hall–Kier alpha value is -2.02. The molecule has 2 aromatic rings. The van der Waals surface area contributed by atoms with Crippen molar-refractivity contribution in [3.8, 4) is 11.4 Å². The molecule has 0 saturated heterocycles. The summed E-state index contributed by atoms with van der Waals surface area (Å²) in [7, 11) is -0.877. The van der Waals surface area contributed by atoms with Gasteiger partial charge in [-0.25, -0.2) is 4.98 Å². The zero-order chi connectivity index (χ0) is 17.8. The highest BCUT2D eigenvalue weighted by atomic mass is 32.2. The van der Waals surface area contributed by atoms with Gasteiger partial charge in [-0.2, -0.15) is 5.10 Å². The van der Waals surface area contributed by atoms with Gasteiger partial charge in [-0.3, -0.25) is 14.1 Å². The van der Waals surface area contributed by atoms with Crippen molar-refractivity contribution in [3.63, 3.8) is 0 Å². The number of nitrogens with zero attached hydrogens (tertiary/aromatic N) is 2. The average Bonchev–Trinajstić information content (AvgIpc) is 3.08. The smallest absolute Gasteiger partial charge is 0.251 e. The predicted molar refractivity (Wildman–Crippen MR) is 98.7 cm³/mol. The van der Waals surface area contributed by atoms with E-state index in [4.69, 9.17) is 0 Å². The van der Waals surface area contributed by atoms with E-state index in [-0.39, 0.29) is 17.2 Å². The topological polar surface area (TPSA) is 87.7 Å². The van der Waals surface area contributed by atoms with Crippen molar-refractivity contribution in [2.75, 3.05) is 5.75 Å². The highest BCUT2D eigenvalue weighted by molar-refractivity contribution is 7.85. The van der Waals surface area contributed by atoms with Crippen LogP contribution >= 0.6 is 0 Å². The van der Waals surface area contributed by atoms with Crippen LogP contribution < -0.4 is 5.32 Å². The number of aryl methyl sites for hydroxylation is 1. The number of aromatic nitrogens is 3. The third-order valence-corrected chi connectivity index (χ3v) is 6.45. The Labute approximate surface area is 150 Å². The Bertz CT molecular complexity index is 757. The number of amides is 1. The van der Waals surface area contributed by atoms with Gasteiger partial charge in [0.1, 0.15) is 5.82 Å². The van der Waals surface area contributed by atoms with Gasteiger partial charge in [-0.1, -0.05) is 31.9 Å². The molecule has 1 fully saturated rings. The summed E-state index contributed by atoms with van der Waals surface area (Å²) in [5.41, 5.74) is 1.46. The summed E-state index contributed by atoms with van der Waals surface area (Å²) in [4.78, 5) is 16.9. The minimum atomic E-state index is -0.877. The Balaban J connectivity index is 1.69. The molecule has 6 nitrogen and oxygen atoms in total. The van der Waals surface area contributed by atoms with Crippen LogP contribution in [0.3, 0.4) is 0 Å². The van der Waals surface area contributed by atoms with Crippen LogP contribution in [0.5, 0.6) is 0 Å². The molecule has 1 aromatic carbocycles. The molecule has 3 atom stereocenters. The fourth-order valence-electron chi connectivity index (χ4n) is 3.28. The van der Waals surface area contributed by atoms with E-state index >= 15 is 0 Å². The lowest BCUT2D eigenvalue weighted by atomic mass is 9.94. The van der Waals surface area contributed by atoms with E-state index in [0.717, 1.165) is 37.1 Å². The molecule has 1 saturated carbocycles. The molecule has 0 spiro atoms. The van der Waals surface area contributed by atoms with Gasteiger partial charge in [0.05, 0.1) is 5.25 Å². The van der Waals surface area contributed by atoms with Crippen LogP contribution in [0.25, 0.3) is 11.4 Å². The van der Waals surface area contributed by atoms with Crippen molar-refractivity contribution in [2.45, 2.75) is 50.8 Å². The molecule has 2 N–H and O–H groups in total. The van der Waals surface area contributed by atoms with Gasteiger partial charge in [-0.15, -0.1) is 0 Å². The Morgan fingerprint density at radius 1 is 1.28 bits per heavy atom. The lowest BCUT2D eigenvalue weighted by Crippen LogP contribution is -2.47. The minimum Gasteiger partial charge on any atom is -0.348 e. The monoisotopic (exact) mass is 360 g/mol. The van der Waals surface area contributed by atoms with E-state index in [1.807, 2.05) is 26.0 Å². The van der Waals surface area contributed by atoms with Crippen LogP contribution in [0.15, 0.2) is 24.3 Å². The van der Waals surface area contributed by atoms with Crippen LogP contribution in [0.1, 0.15) is 48.8 Å². The number of H-pyrrole nitrogens is 1. The predicted octanol–water partition coefficient (Wildman–Crippen LogP) is 2.59. The highest BCUT2D eigenvalue weighted by Gasteiger charge is 2.30. The molecule has 0 radical (unpaired) electrons. The largest absolute Gasteiger partial charge is 0.348 e. The van der Waals surface area contributed by atoms with Crippen molar-refractivity contribution in [1.82, 2.24) is 20.5 Å². The highest BCUT2D eigenvalue weighted by Crippen LogP contribution is 2.24. The third-order valence-electron chi connectivity index (χ3n) is 4.64. The van der Waals surface area contributed by atoms with Gasteiger partial charge in [0, 0.05) is 33.7 Å². The van der Waals surface area contributed by atoms with Crippen molar-refractivity contribution in [1.29, 1.82) is 0 Å². The summed E-state index contributed by atoms with van der Waals surface area (Å²) < 4.78 is 12.2. The molecule has 0 aliphatic heterocycles. The van der Waals surface area contributed by atoms with E-state index in [1.54, 1.807) is 12.1 Å². The number of carbonyl (C=O) groups is 1.